The summed E-state index contributed by atoms with van der Waals surface area (Å²) in [4.78, 5) is 16.7. The molecule has 1 aromatic heterocycles. The number of amides is 1. The molecule has 0 radical (unpaired) electrons. The van der Waals surface area contributed by atoms with E-state index < -0.39 is 15.8 Å². The van der Waals surface area contributed by atoms with Crippen LogP contribution in [0.15, 0.2) is 36.4 Å². The molecular formula is C18H18ClFN4O3S. The van der Waals surface area contributed by atoms with Crippen molar-refractivity contribution in [2.45, 2.75) is 6.42 Å². The smallest absolute Gasteiger partial charge is 0.251 e. The minimum absolute atomic E-state index is 0.110. The number of carbonyl (C=O) groups excluding carboxylic acids is 1. The van der Waals surface area contributed by atoms with Gasteiger partial charge in [0.15, 0.2) is 0 Å². The van der Waals surface area contributed by atoms with E-state index in [4.69, 9.17) is 11.6 Å². The number of nitrogens with zero attached hydrogens (tertiary/aromatic N) is 2. The average Bonchev–Trinajstić information content (AvgIpc) is 2.91. The Kier molecular flexibility index (Phi) is 5.57. The van der Waals surface area contributed by atoms with Gasteiger partial charge in [0.05, 0.1) is 28.0 Å². The first kappa shape index (κ1) is 20.1. The highest BCUT2D eigenvalue weighted by Crippen LogP contribution is 2.20. The summed E-state index contributed by atoms with van der Waals surface area (Å²) in [5.74, 6) is -0.216. The van der Waals surface area contributed by atoms with Gasteiger partial charge in [0.25, 0.3) is 5.91 Å². The van der Waals surface area contributed by atoms with Crippen LogP contribution in [0.5, 0.6) is 0 Å². The Balaban J connectivity index is 1.69. The number of halogens is 2. The van der Waals surface area contributed by atoms with Gasteiger partial charge in [-0.3, -0.25) is 9.52 Å². The second-order valence-corrected chi connectivity index (χ2v) is 8.46. The summed E-state index contributed by atoms with van der Waals surface area (Å²) >= 11 is 5.70. The van der Waals surface area contributed by atoms with Crippen LogP contribution in [0.4, 0.5) is 10.1 Å². The van der Waals surface area contributed by atoms with E-state index in [1.165, 1.54) is 12.1 Å². The molecule has 0 spiro atoms. The van der Waals surface area contributed by atoms with Gasteiger partial charge >= 0.3 is 0 Å². The molecule has 1 heterocycles. The SMILES string of the molecule is Cn1c(CCNC(=O)c2ccc(F)c(Cl)c2)nc2cc(NS(C)(=O)=O)ccc21. The van der Waals surface area contributed by atoms with Gasteiger partial charge in [0.2, 0.25) is 10.0 Å². The van der Waals surface area contributed by atoms with E-state index in [-0.39, 0.29) is 16.5 Å². The average molecular weight is 425 g/mol. The Morgan fingerprint density at radius 2 is 2.00 bits per heavy atom. The summed E-state index contributed by atoms with van der Waals surface area (Å²) in [5.41, 5.74) is 2.18. The molecule has 0 saturated heterocycles. The van der Waals surface area contributed by atoms with Crippen molar-refractivity contribution >= 4 is 44.3 Å². The van der Waals surface area contributed by atoms with Gasteiger partial charge in [-0.1, -0.05) is 11.6 Å². The fourth-order valence-electron chi connectivity index (χ4n) is 2.78. The van der Waals surface area contributed by atoms with E-state index in [0.29, 0.717) is 24.2 Å². The van der Waals surface area contributed by atoms with Gasteiger partial charge < -0.3 is 9.88 Å². The molecule has 1 amide bonds. The standard InChI is InChI=1S/C18H18ClFN4O3S/c1-24-16-6-4-12(23-28(2,26)27)10-15(16)22-17(24)7-8-21-18(25)11-3-5-14(20)13(19)9-11/h3-6,9-10,23H,7-8H2,1-2H3,(H,21,25). The van der Waals surface area contributed by atoms with Gasteiger partial charge in [-0.15, -0.1) is 0 Å². The van der Waals surface area contributed by atoms with Crippen LogP contribution in [0, 0.1) is 5.82 Å². The lowest BCUT2D eigenvalue weighted by atomic mass is 10.2. The second-order valence-electron chi connectivity index (χ2n) is 6.30. The molecule has 28 heavy (non-hydrogen) atoms. The number of hydrogen-bond acceptors (Lipinski definition) is 4. The highest BCUT2D eigenvalue weighted by Gasteiger charge is 2.12. The predicted molar refractivity (Wildman–Crippen MR) is 107 cm³/mol. The van der Waals surface area contributed by atoms with Crippen LogP contribution in [0.25, 0.3) is 11.0 Å². The van der Waals surface area contributed by atoms with Crippen LogP contribution in [0.2, 0.25) is 5.02 Å². The zero-order valence-corrected chi connectivity index (χ0v) is 16.7. The molecule has 0 atom stereocenters. The third-order valence-electron chi connectivity index (χ3n) is 4.09. The lowest BCUT2D eigenvalue weighted by Gasteiger charge is -2.06. The third-order valence-corrected chi connectivity index (χ3v) is 4.99. The summed E-state index contributed by atoms with van der Waals surface area (Å²) in [6.07, 6.45) is 1.54. The predicted octanol–water partition coefficient (Wildman–Crippen LogP) is 2.71. The van der Waals surface area contributed by atoms with Crippen LogP contribution in [0.1, 0.15) is 16.2 Å². The number of anilines is 1. The summed E-state index contributed by atoms with van der Waals surface area (Å²) in [6, 6.07) is 8.87. The van der Waals surface area contributed by atoms with Crippen molar-refractivity contribution in [1.29, 1.82) is 0 Å². The van der Waals surface area contributed by atoms with E-state index in [9.17, 15) is 17.6 Å². The summed E-state index contributed by atoms with van der Waals surface area (Å²) in [6.45, 7) is 0.319. The number of fused-ring (bicyclic) bond motifs is 1. The topological polar surface area (TPSA) is 93.1 Å². The summed E-state index contributed by atoms with van der Waals surface area (Å²) < 4.78 is 40.2. The highest BCUT2D eigenvalue weighted by molar-refractivity contribution is 7.92. The molecule has 0 aliphatic heterocycles. The molecule has 2 N–H and O–H groups in total. The van der Waals surface area contributed by atoms with Gasteiger partial charge in [0, 0.05) is 25.6 Å². The van der Waals surface area contributed by atoms with Gasteiger partial charge in [-0.05, 0) is 36.4 Å². The molecule has 0 saturated carbocycles. The lowest BCUT2D eigenvalue weighted by molar-refractivity contribution is 0.0954. The zero-order valence-electron chi connectivity index (χ0n) is 15.2. The molecule has 0 aliphatic rings. The number of rotatable bonds is 6. The van der Waals surface area contributed by atoms with Crippen molar-refractivity contribution in [3.63, 3.8) is 0 Å². The monoisotopic (exact) mass is 424 g/mol. The summed E-state index contributed by atoms with van der Waals surface area (Å²) in [7, 11) is -1.53. The fraction of sp³-hybridized carbons (Fsp3) is 0.222. The van der Waals surface area contributed by atoms with E-state index in [1.54, 1.807) is 18.2 Å². The van der Waals surface area contributed by atoms with Crippen molar-refractivity contribution in [3.05, 3.63) is 58.6 Å². The van der Waals surface area contributed by atoms with E-state index >= 15 is 0 Å². The molecule has 0 bridgehead atoms. The second kappa shape index (κ2) is 7.76. The van der Waals surface area contributed by atoms with Crippen LogP contribution < -0.4 is 10.0 Å². The normalized spacial score (nSPS) is 11.6. The van der Waals surface area contributed by atoms with Crippen molar-refractivity contribution in [3.8, 4) is 0 Å². The van der Waals surface area contributed by atoms with Crippen molar-refractivity contribution in [2.75, 3.05) is 17.5 Å². The van der Waals surface area contributed by atoms with Crippen LogP contribution >= 0.6 is 11.6 Å². The minimum atomic E-state index is -3.37. The molecule has 0 aliphatic carbocycles. The number of imidazole rings is 1. The molecule has 2 aromatic carbocycles. The molecule has 7 nitrogen and oxygen atoms in total. The van der Waals surface area contributed by atoms with E-state index in [1.807, 2.05) is 11.6 Å². The van der Waals surface area contributed by atoms with E-state index in [2.05, 4.69) is 15.0 Å². The Labute approximate surface area is 166 Å². The molecule has 0 fully saturated rings. The molecule has 148 valence electrons. The lowest BCUT2D eigenvalue weighted by Crippen LogP contribution is -2.26. The van der Waals surface area contributed by atoms with Gasteiger partial charge in [-0.25, -0.2) is 17.8 Å². The molecule has 10 heteroatoms. The van der Waals surface area contributed by atoms with Crippen LogP contribution in [-0.2, 0) is 23.5 Å². The molecule has 3 rings (SSSR count). The first-order valence-electron chi connectivity index (χ1n) is 8.30. The number of aryl methyl sites for hydroxylation is 1. The van der Waals surface area contributed by atoms with Gasteiger partial charge in [0.1, 0.15) is 11.6 Å². The van der Waals surface area contributed by atoms with Crippen LogP contribution in [0.3, 0.4) is 0 Å². The van der Waals surface area contributed by atoms with Crippen molar-refractivity contribution in [1.82, 2.24) is 14.9 Å². The summed E-state index contributed by atoms with van der Waals surface area (Å²) in [5, 5.41) is 2.63. The number of carbonyl (C=O) groups is 1. The molecular weight excluding hydrogens is 407 g/mol. The third kappa shape index (κ3) is 4.60. The number of benzene rings is 2. The zero-order chi connectivity index (χ0) is 20.5. The highest BCUT2D eigenvalue weighted by atomic mass is 35.5. The Morgan fingerprint density at radius 1 is 1.25 bits per heavy atom. The quantitative estimate of drug-likeness (QED) is 0.636. The number of sulfonamides is 1. The molecule has 0 unspecified atom stereocenters. The first-order valence-corrected chi connectivity index (χ1v) is 10.6. The Morgan fingerprint density at radius 3 is 2.68 bits per heavy atom. The molecule has 3 aromatic rings. The Bertz CT molecular complexity index is 1160. The maximum absolute atomic E-state index is 13.2. The number of aromatic nitrogens is 2. The Hall–Kier alpha value is -2.65. The van der Waals surface area contributed by atoms with Crippen molar-refractivity contribution < 1.29 is 17.6 Å². The van der Waals surface area contributed by atoms with Crippen LogP contribution in [-0.4, -0.2) is 36.7 Å². The minimum Gasteiger partial charge on any atom is -0.352 e. The van der Waals surface area contributed by atoms with Crippen molar-refractivity contribution in [2.24, 2.45) is 7.05 Å². The van der Waals surface area contributed by atoms with Gasteiger partial charge in [-0.2, -0.15) is 0 Å². The fourth-order valence-corrected chi connectivity index (χ4v) is 3.51. The number of nitrogens with one attached hydrogen (secondary N) is 2. The maximum atomic E-state index is 13.2. The number of hydrogen-bond donors (Lipinski definition) is 2. The largest absolute Gasteiger partial charge is 0.352 e. The van der Waals surface area contributed by atoms with E-state index in [0.717, 1.165) is 23.7 Å². The maximum Gasteiger partial charge on any atom is 0.251 e. The first-order chi connectivity index (χ1) is 13.1.